The van der Waals surface area contributed by atoms with Gasteiger partial charge >= 0.3 is 0 Å². The highest BCUT2D eigenvalue weighted by molar-refractivity contribution is 6.31. The number of nitrogens with one attached hydrogen (secondary N) is 1. The summed E-state index contributed by atoms with van der Waals surface area (Å²) in [5.74, 6) is 1.71. The average Bonchev–Trinajstić information content (AvgIpc) is 3.61. The van der Waals surface area contributed by atoms with Gasteiger partial charge in [0.2, 0.25) is 0 Å². The van der Waals surface area contributed by atoms with Crippen LogP contribution in [-0.2, 0) is 19.9 Å². The molecule has 1 aliphatic heterocycles. The van der Waals surface area contributed by atoms with Crippen LogP contribution in [0.2, 0.25) is 5.02 Å². The molecule has 1 aliphatic carbocycles. The predicted molar refractivity (Wildman–Crippen MR) is 132 cm³/mol. The van der Waals surface area contributed by atoms with Crippen molar-refractivity contribution in [1.82, 2.24) is 29.7 Å². The van der Waals surface area contributed by atoms with Crippen molar-refractivity contribution in [1.29, 1.82) is 0 Å². The Bertz CT molecular complexity index is 1380. The van der Waals surface area contributed by atoms with Crippen molar-refractivity contribution in [3.05, 3.63) is 58.9 Å². The molecule has 0 saturated carbocycles. The molecule has 3 aromatic heterocycles. The fourth-order valence-corrected chi connectivity index (χ4v) is 5.64. The van der Waals surface area contributed by atoms with Gasteiger partial charge in [-0.05, 0) is 31.7 Å². The predicted octanol–water partition coefficient (Wildman–Crippen LogP) is 3.78. The Morgan fingerprint density at radius 3 is 3.00 bits per heavy atom. The quantitative estimate of drug-likeness (QED) is 0.438. The van der Waals surface area contributed by atoms with Crippen molar-refractivity contribution in [2.75, 3.05) is 18.1 Å². The molecular formula is C25H26ClN7O2. The Morgan fingerprint density at radius 1 is 1.23 bits per heavy atom. The molecule has 1 saturated heterocycles. The van der Waals surface area contributed by atoms with E-state index in [-0.39, 0.29) is 17.7 Å². The number of Topliss-reactive ketones (excluding diaryl/α,β-unsaturated/α-hetero) is 1. The Morgan fingerprint density at radius 2 is 2.14 bits per heavy atom. The maximum Gasteiger partial charge on any atom is 0.182 e. The zero-order chi connectivity index (χ0) is 23.9. The van der Waals surface area contributed by atoms with E-state index in [1.54, 1.807) is 23.5 Å². The largest absolute Gasteiger partial charge is 0.491 e. The second-order valence-corrected chi connectivity index (χ2v) is 9.66. The number of ether oxygens (including phenoxy) is 1. The molecule has 0 unspecified atom stereocenters. The number of nitrogens with zero attached hydrogens (tertiary/aromatic N) is 6. The monoisotopic (exact) mass is 491 g/mol. The van der Waals surface area contributed by atoms with Crippen LogP contribution in [0.15, 0.2) is 37.1 Å². The number of imidazole rings is 1. The molecule has 1 fully saturated rings. The van der Waals surface area contributed by atoms with E-state index < -0.39 is 0 Å². The van der Waals surface area contributed by atoms with Crippen LogP contribution in [-0.4, -0.2) is 54.7 Å². The van der Waals surface area contributed by atoms with E-state index in [2.05, 4.69) is 29.9 Å². The summed E-state index contributed by atoms with van der Waals surface area (Å²) in [6.45, 7) is 1.43. The molecule has 1 aromatic carbocycles. The van der Waals surface area contributed by atoms with E-state index in [0.717, 1.165) is 66.1 Å². The molecule has 0 bridgehead atoms. The molecule has 6 rings (SSSR count). The van der Waals surface area contributed by atoms with E-state index in [9.17, 15) is 4.79 Å². The third-order valence-electron chi connectivity index (χ3n) is 7.25. The molecule has 9 nitrogen and oxygen atoms in total. The standard InChI is InChI=1S/C25H26ClN7O2/c1-32-20(19(26)11-31-32)10-15-7-8-17-18(23(15)34)5-2-6-21(17)35-12-16-4-3-9-33(16)25-22-24(28-13-27-22)29-14-30-25/h2,5-6,11,13-16H,3-4,7-10,12H2,1H3,(H,27,28,29,30)/t15-,16+/m0/s1. The van der Waals surface area contributed by atoms with Gasteiger partial charge in [0.05, 0.1) is 29.3 Å². The van der Waals surface area contributed by atoms with Gasteiger partial charge in [0.15, 0.2) is 17.2 Å². The second-order valence-electron chi connectivity index (χ2n) is 9.25. The highest BCUT2D eigenvalue weighted by Crippen LogP contribution is 2.35. The minimum Gasteiger partial charge on any atom is -0.491 e. The lowest BCUT2D eigenvalue weighted by Gasteiger charge is -2.28. The number of carbonyl (C=O) groups excluding carboxylic acids is 1. The zero-order valence-electron chi connectivity index (χ0n) is 19.4. The summed E-state index contributed by atoms with van der Waals surface area (Å²) in [7, 11) is 1.86. The number of aromatic nitrogens is 6. The fourth-order valence-electron chi connectivity index (χ4n) is 5.40. The van der Waals surface area contributed by atoms with Gasteiger partial charge in [-0.3, -0.25) is 9.48 Å². The van der Waals surface area contributed by atoms with Gasteiger partial charge in [0, 0.05) is 37.1 Å². The number of benzene rings is 1. The highest BCUT2D eigenvalue weighted by atomic mass is 35.5. The summed E-state index contributed by atoms with van der Waals surface area (Å²) in [6, 6.07) is 5.99. The lowest BCUT2D eigenvalue weighted by molar-refractivity contribution is 0.0898. The van der Waals surface area contributed by atoms with Crippen molar-refractivity contribution < 1.29 is 9.53 Å². The van der Waals surface area contributed by atoms with E-state index in [1.807, 2.05) is 25.2 Å². The van der Waals surface area contributed by atoms with Gasteiger partial charge in [0.1, 0.15) is 24.2 Å². The first-order valence-electron chi connectivity index (χ1n) is 12.0. The lowest BCUT2D eigenvalue weighted by Crippen LogP contribution is -2.35. The van der Waals surface area contributed by atoms with Gasteiger partial charge < -0.3 is 14.6 Å². The van der Waals surface area contributed by atoms with Gasteiger partial charge in [-0.1, -0.05) is 23.7 Å². The number of rotatable bonds is 6. The van der Waals surface area contributed by atoms with Crippen LogP contribution in [0, 0.1) is 5.92 Å². The number of aryl methyl sites for hydroxylation is 1. The highest BCUT2D eigenvalue weighted by Gasteiger charge is 2.32. The maximum atomic E-state index is 13.4. The summed E-state index contributed by atoms with van der Waals surface area (Å²) < 4.78 is 8.12. The number of H-pyrrole nitrogens is 1. The average molecular weight is 492 g/mol. The minimum absolute atomic E-state index is 0.106. The van der Waals surface area contributed by atoms with E-state index in [0.29, 0.717) is 23.7 Å². The maximum absolute atomic E-state index is 13.4. The van der Waals surface area contributed by atoms with Crippen LogP contribution >= 0.6 is 11.6 Å². The van der Waals surface area contributed by atoms with Gasteiger partial charge in [-0.15, -0.1) is 0 Å². The normalized spacial score (nSPS) is 19.9. The van der Waals surface area contributed by atoms with Gasteiger partial charge in [-0.25, -0.2) is 15.0 Å². The minimum atomic E-state index is -0.106. The van der Waals surface area contributed by atoms with E-state index in [1.165, 1.54) is 0 Å². The smallest absolute Gasteiger partial charge is 0.182 e. The number of halogens is 1. The SMILES string of the molecule is Cn1ncc(Cl)c1C[C@@H]1CCc2c(OC[C@H]3CCCN3c3ncnc4nc[nH]c34)cccc2C1=O. The molecule has 180 valence electrons. The van der Waals surface area contributed by atoms with Crippen molar-refractivity contribution in [3.8, 4) is 5.75 Å². The number of hydrogen-bond donors (Lipinski definition) is 1. The Hall–Kier alpha value is -3.46. The van der Waals surface area contributed by atoms with Crippen molar-refractivity contribution in [3.63, 3.8) is 0 Å². The molecule has 35 heavy (non-hydrogen) atoms. The second kappa shape index (κ2) is 8.96. The third kappa shape index (κ3) is 3.93. The molecule has 1 N–H and O–H groups in total. The number of ketones is 1. The summed E-state index contributed by atoms with van der Waals surface area (Å²) >= 11 is 6.29. The number of anilines is 1. The number of aromatic amines is 1. The number of fused-ring (bicyclic) bond motifs is 2. The van der Waals surface area contributed by atoms with Crippen LogP contribution in [0.5, 0.6) is 5.75 Å². The Labute approximate surface area is 207 Å². The van der Waals surface area contributed by atoms with Gasteiger partial charge in [0.25, 0.3) is 0 Å². The van der Waals surface area contributed by atoms with E-state index >= 15 is 0 Å². The molecule has 10 heteroatoms. The van der Waals surface area contributed by atoms with Crippen LogP contribution in [0.25, 0.3) is 11.2 Å². The van der Waals surface area contributed by atoms with Crippen molar-refractivity contribution in [2.24, 2.45) is 13.0 Å². The zero-order valence-corrected chi connectivity index (χ0v) is 20.2. The molecular weight excluding hydrogens is 466 g/mol. The summed E-state index contributed by atoms with van der Waals surface area (Å²) in [5, 5.41) is 4.82. The first kappa shape index (κ1) is 22.0. The molecule has 0 spiro atoms. The fraction of sp³-hybridized carbons (Fsp3) is 0.400. The van der Waals surface area contributed by atoms with Crippen LogP contribution in [0.1, 0.15) is 40.9 Å². The first-order valence-corrected chi connectivity index (χ1v) is 12.3. The first-order chi connectivity index (χ1) is 17.1. The molecule has 2 atom stereocenters. The van der Waals surface area contributed by atoms with Crippen molar-refractivity contribution >= 4 is 34.4 Å². The topological polar surface area (TPSA) is 102 Å². The van der Waals surface area contributed by atoms with Gasteiger partial charge in [-0.2, -0.15) is 5.10 Å². The molecule has 4 aromatic rings. The van der Waals surface area contributed by atoms with Crippen molar-refractivity contribution in [2.45, 2.75) is 38.1 Å². The molecule has 0 amide bonds. The molecule has 0 radical (unpaired) electrons. The number of hydrogen-bond acceptors (Lipinski definition) is 7. The third-order valence-corrected chi connectivity index (χ3v) is 7.56. The van der Waals surface area contributed by atoms with Crippen LogP contribution in [0.4, 0.5) is 5.82 Å². The summed E-state index contributed by atoms with van der Waals surface area (Å²) in [5.41, 5.74) is 4.18. The van der Waals surface area contributed by atoms with Crippen LogP contribution in [0.3, 0.4) is 0 Å². The Balaban J connectivity index is 1.19. The molecule has 2 aliphatic rings. The van der Waals surface area contributed by atoms with Crippen LogP contribution < -0.4 is 9.64 Å². The van der Waals surface area contributed by atoms with E-state index in [4.69, 9.17) is 16.3 Å². The Kier molecular flexibility index (Phi) is 5.64. The number of carbonyl (C=O) groups is 1. The summed E-state index contributed by atoms with van der Waals surface area (Å²) in [4.78, 5) is 31.8. The summed E-state index contributed by atoms with van der Waals surface area (Å²) in [6.07, 6.45) is 9.08. The lowest BCUT2D eigenvalue weighted by atomic mass is 9.80. The molecule has 4 heterocycles.